The van der Waals surface area contributed by atoms with Crippen molar-refractivity contribution in [3.8, 4) is 0 Å². The second-order valence-electron chi connectivity index (χ2n) is 5.89. The predicted octanol–water partition coefficient (Wildman–Crippen LogP) is 2.42. The van der Waals surface area contributed by atoms with Crippen molar-refractivity contribution < 1.29 is 8.42 Å². The number of para-hydroxylation sites is 1. The Bertz CT molecular complexity index is 589. The van der Waals surface area contributed by atoms with Crippen molar-refractivity contribution in [2.24, 2.45) is 5.41 Å². The first kappa shape index (κ1) is 12.8. The molecule has 0 amide bonds. The van der Waals surface area contributed by atoms with E-state index < -0.39 is 9.84 Å². The first-order chi connectivity index (χ1) is 9.03. The molecule has 0 radical (unpaired) electrons. The summed E-state index contributed by atoms with van der Waals surface area (Å²) in [6.45, 7) is 0.716. The van der Waals surface area contributed by atoms with Gasteiger partial charge in [-0.2, -0.15) is 0 Å². The van der Waals surface area contributed by atoms with E-state index >= 15 is 0 Å². The van der Waals surface area contributed by atoms with E-state index in [1.807, 2.05) is 0 Å². The van der Waals surface area contributed by atoms with Gasteiger partial charge in [0.25, 0.3) is 0 Å². The highest BCUT2D eigenvalue weighted by Crippen LogP contribution is 2.43. The van der Waals surface area contributed by atoms with Crippen molar-refractivity contribution in [3.63, 3.8) is 0 Å². The van der Waals surface area contributed by atoms with Crippen LogP contribution in [0.25, 0.3) is 0 Å². The van der Waals surface area contributed by atoms with Gasteiger partial charge in [0.1, 0.15) is 0 Å². The molecule has 1 aromatic carbocycles. The van der Waals surface area contributed by atoms with Gasteiger partial charge in [0, 0.05) is 12.0 Å². The van der Waals surface area contributed by atoms with Gasteiger partial charge in [-0.25, -0.2) is 8.42 Å². The van der Waals surface area contributed by atoms with Gasteiger partial charge in [0.05, 0.1) is 22.0 Å². The second kappa shape index (κ2) is 4.40. The van der Waals surface area contributed by atoms with Crippen LogP contribution in [0.1, 0.15) is 32.1 Å². The average Bonchev–Trinajstić information content (AvgIpc) is 2.47. The molecule has 0 bridgehead atoms. The van der Waals surface area contributed by atoms with Crippen molar-refractivity contribution in [1.29, 1.82) is 0 Å². The van der Waals surface area contributed by atoms with Crippen molar-refractivity contribution in [2.45, 2.75) is 37.0 Å². The number of hydrogen-bond donors (Lipinski definition) is 2. The molecule has 3 N–H and O–H groups in total. The van der Waals surface area contributed by atoms with E-state index in [0.717, 1.165) is 25.7 Å². The van der Waals surface area contributed by atoms with Crippen LogP contribution in [0.5, 0.6) is 0 Å². The average molecular weight is 280 g/mol. The Kier molecular flexibility index (Phi) is 2.96. The Labute approximate surface area is 114 Å². The normalized spacial score (nSPS) is 24.2. The molecule has 1 aromatic rings. The van der Waals surface area contributed by atoms with Gasteiger partial charge in [-0.1, -0.05) is 25.3 Å². The Hall–Kier alpha value is -1.23. The summed E-state index contributed by atoms with van der Waals surface area (Å²) >= 11 is 0. The van der Waals surface area contributed by atoms with E-state index in [9.17, 15) is 8.42 Å². The Morgan fingerprint density at radius 3 is 2.63 bits per heavy atom. The lowest BCUT2D eigenvalue weighted by molar-refractivity contribution is 0.237. The van der Waals surface area contributed by atoms with Gasteiger partial charge in [-0.15, -0.1) is 0 Å². The minimum Gasteiger partial charge on any atom is -0.397 e. The van der Waals surface area contributed by atoms with Gasteiger partial charge >= 0.3 is 0 Å². The van der Waals surface area contributed by atoms with Gasteiger partial charge in [0.2, 0.25) is 0 Å². The zero-order valence-corrected chi connectivity index (χ0v) is 11.8. The highest BCUT2D eigenvalue weighted by Gasteiger charge is 2.40. The molecule has 1 saturated carbocycles. The van der Waals surface area contributed by atoms with E-state index in [1.165, 1.54) is 6.42 Å². The molecule has 0 unspecified atom stereocenters. The molecule has 19 heavy (non-hydrogen) atoms. The fourth-order valence-corrected chi connectivity index (χ4v) is 5.57. The SMILES string of the molecule is Nc1cccc2c1NCC1(CCCCC1)CS2(=O)=O. The maximum absolute atomic E-state index is 12.6. The fourth-order valence-electron chi connectivity index (χ4n) is 3.43. The Morgan fingerprint density at radius 1 is 1.16 bits per heavy atom. The number of anilines is 2. The molecular formula is C14H20N2O2S. The number of hydrogen-bond acceptors (Lipinski definition) is 4. The third-order valence-corrected chi connectivity index (χ3v) is 6.45. The summed E-state index contributed by atoms with van der Waals surface area (Å²) in [6, 6.07) is 5.13. The van der Waals surface area contributed by atoms with Gasteiger partial charge in [-0.05, 0) is 25.0 Å². The molecular weight excluding hydrogens is 260 g/mol. The molecule has 1 spiro atoms. The van der Waals surface area contributed by atoms with Crippen LogP contribution in [0.3, 0.4) is 0 Å². The number of nitrogens with two attached hydrogens (primary N) is 1. The summed E-state index contributed by atoms with van der Waals surface area (Å²) in [5.41, 5.74) is 6.94. The van der Waals surface area contributed by atoms with Crippen LogP contribution in [-0.2, 0) is 9.84 Å². The van der Waals surface area contributed by atoms with E-state index in [0.29, 0.717) is 22.8 Å². The number of benzene rings is 1. The smallest absolute Gasteiger partial charge is 0.181 e. The third kappa shape index (κ3) is 2.20. The van der Waals surface area contributed by atoms with Crippen LogP contribution in [-0.4, -0.2) is 20.7 Å². The first-order valence-electron chi connectivity index (χ1n) is 6.88. The van der Waals surface area contributed by atoms with Crippen LogP contribution < -0.4 is 11.1 Å². The zero-order chi connectivity index (χ0) is 13.5. The summed E-state index contributed by atoms with van der Waals surface area (Å²) < 4.78 is 25.2. The Balaban J connectivity index is 2.06. The minimum absolute atomic E-state index is 0.109. The van der Waals surface area contributed by atoms with Crippen LogP contribution >= 0.6 is 0 Å². The molecule has 1 aliphatic carbocycles. The molecule has 1 heterocycles. The van der Waals surface area contributed by atoms with Crippen LogP contribution in [0, 0.1) is 5.41 Å². The largest absolute Gasteiger partial charge is 0.397 e. The van der Waals surface area contributed by atoms with Crippen molar-refractivity contribution in [1.82, 2.24) is 0 Å². The van der Waals surface area contributed by atoms with Crippen LogP contribution in [0.4, 0.5) is 11.4 Å². The summed E-state index contributed by atoms with van der Waals surface area (Å²) in [5.74, 6) is 0.253. The predicted molar refractivity (Wildman–Crippen MR) is 76.9 cm³/mol. The summed E-state index contributed by atoms with van der Waals surface area (Å²) in [5, 5.41) is 3.31. The molecule has 0 atom stereocenters. The molecule has 0 aromatic heterocycles. The summed E-state index contributed by atoms with van der Waals surface area (Å²) in [6.07, 6.45) is 5.46. The molecule has 1 aliphatic heterocycles. The maximum atomic E-state index is 12.6. The van der Waals surface area contributed by atoms with Crippen LogP contribution in [0.2, 0.25) is 0 Å². The number of nitrogens with one attached hydrogen (secondary N) is 1. The highest BCUT2D eigenvalue weighted by atomic mass is 32.2. The minimum atomic E-state index is -3.25. The first-order valence-corrected chi connectivity index (χ1v) is 8.53. The monoisotopic (exact) mass is 280 g/mol. The number of nitrogen functional groups attached to an aromatic ring is 1. The van der Waals surface area contributed by atoms with E-state index in [-0.39, 0.29) is 11.2 Å². The maximum Gasteiger partial charge on any atom is 0.181 e. The Morgan fingerprint density at radius 2 is 1.89 bits per heavy atom. The molecule has 4 nitrogen and oxygen atoms in total. The summed E-state index contributed by atoms with van der Waals surface area (Å²) in [7, 11) is -3.25. The lowest BCUT2D eigenvalue weighted by Crippen LogP contribution is -2.36. The molecule has 5 heteroatoms. The zero-order valence-electron chi connectivity index (χ0n) is 11.0. The van der Waals surface area contributed by atoms with Crippen LogP contribution in [0.15, 0.2) is 23.1 Å². The number of fused-ring (bicyclic) bond motifs is 1. The van der Waals surface area contributed by atoms with Gasteiger partial charge in [-0.3, -0.25) is 0 Å². The van der Waals surface area contributed by atoms with E-state index in [2.05, 4.69) is 5.32 Å². The highest BCUT2D eigenvalue weighted by molar-refractivity contribution is 7.91. The fraction of sp³-hybridized carbons (Fsp3) is 0.571. The molecule has 104 valence electrons. The molecule has 3 rings (SSSR count). The topological polar surface area (TPSA) is 72.2 Å². The lowest BCUT2D eigenvalue weighted by atomic mass is 9.75. The van der Waals surface area contributed by atoms with Gasteiger partial charge < -0.3 is 11.1 Å². The van der Waals surface area contributed by atoms with Crippen molar-refractivity contribution in [3.05, 3.63) is 18.2 Å². The molecule has 0 saturated heterocycles. The lowest BCUT2D eigenvalue weighted by Gasteiger charge is -2.35. The molecule has 2 aliphatic rings. The summed E-state index contributed by atoms with van der Waals surface area (Å²) in [4.78, 5) is 0.370. The molecule has 1 fully saturated rings. The van der Waals surface area contributed by atoms with E-state index in [4.69, 9.17) is 5.73 Å². The standard InChI is InChI=1S/C14H20N2O2S/c15-11-5-4-6-12-13(11)16-9-14(10-19(12,17)18)7-2-1-3-8-14/h4-6,16H,1-3,7-10,15H2. The third-order valence-electron chi connectivity index (χ3n) is 4.44. The number of rotatable bonds is 0. The number of sulfone groups is 1. The van der Waals surface area contributed by atoms with Crippen molar-refractivity contribution >= 4 is 21.2 Å². The van der Waals surface area contributed by atoms with E-state index in [1.54, 1.807) is 18.2 Å². The van der Waals surface area contributed by atoms with Gasteiger partial charge in [0.15, 0.2) is 9.84 Å². The van der Waals surface area contributed by atoms with Crippen molar-refractivity contribution in [2.75, 3.05) is 23.3 Å². The quantitative estimate of drug-likeness (QED) is 0.716. The second-order valence-corrected chi connectivity index (χ2v) is 7.85.